The average Bonchev–Trinajstić information content (AvgIpc) is 2.30. The predicted molar refractivity (Wildman–Crippen MR) is 68.0 cm³/mol. The summed E-state index contributed by atoms with van der Waals surface area (Å²) in [4.78, 5) is 0. The van der Waals surface area contributed by atoms with Crippen molar-refractivity contribution in [3.8, 4) is 5.88 Å². The van der Waals surface area contributed by atoms with Crippen molar-refractivity contribution in [2.24, 2.45) is 17.8 Å². The van der Waals surface area contributed by atoms with Crippen LogP contribution in [0.15, 0.2) is 12.1 Å². The Morgan fingerprint density at radius 2 is 1.61 bits per heavy atom. The molecule has 0 saturated heterocycles. The van der Waals surface area contributed by atoms with Crippen LogP contribution in [0.1, 0.15) is 38.5 Å². The van der Waals surface area contributed by atoms with Crippen molar-refractivity contribution < 1.29 is 4.74 Å². The van der Waals surface area contributed by atoms with Gasteiger partial charge in [-0.15, -0.1) is 10.2 Å². The van der Waals surface area contributed by atoms with Crippen LogP contribution >= 0.6 is 0 Å². The lowest BCUT2D eigenvalue weighted by Gasteiger charge is -2.55. The summed E-state index contributed by atoms with van der Waals surface area (Å²) in [5.41, 5.74) is 5.61. The van der Waals surface area contributed by atoms with Crippen molar-refractivity contribution in [1.82, 2.24) is 10.2 Å². The van der Waals surface area contributed by atoms with Gasteiger partial charge >= 0.3 is 0 Å². The first-order valence-electron chi connectivity index (χ1n) is 6.99. The Kier molecular flexibility index (Phi) is 2.11. The molecular formula is C14H19N3O. The van der Waals surface area contributed by atoms with Crippen LogP contribution in [0.2, 0.25) is 0 Å². The molecule has 18 heavy (non-hydrogen) atoms. The Labute approximate surface area is 107 Å². The van der Waals surface area contributed by atoms with Crippen molar-refractivity contribution in [1.29, 1.82) is 0 Å². The van der Waals surface area contributed by atoms with Crippen LogP contribution in [-0.4, -0.2) is 15.8 Å². The third-order valence-electron chi connectivity index (χ3n) is 4.96. The third-order valence-corrected chi connectivity index (χ3v) is 4.96. The van der Waals surface area contributed by atoms with Gasteiger partial charge in [-0.25, -0.2) is 0 Å². The molecule has 0 amide bonds. The van der Waals surface area contributed by atoms with E-state index in [1.807, 2.05) is 6.07 Å². The van der Waals surface area contributed by atoms with Gasteiger partial charge in [-0.05, 0) is 62.3 Å². The van der Waals surface area contributed by atoms with E-state index in [2.05, 4.69) is 10.2 Å². The molecule has 96 valence electrons. The molecule has 4 heteroatoms. The van der Waals surface area contributed by atoms with Crippen LogP contribution in [0, 0.1) is 17.8 Å². The second-order valence-corrected chi connectivity index (χ2v) is 6.50. The summed E-state index contributed by atoms with van der Waals surface area (Å²) in [6.45, 7) is 0. The van der Waals surface area contributed by atoms with Gasteiger partial charge in [-0.3, -0.25) is 0 Å². The molecule has 4 fully saturated rings. The molecule has 0 aromatic carbocycles. The fraction of sp³-hybridized carbons (Fsp3) is 0.714. The van der Waals surface area contributed by atoms with Crippen LogP contribution in [0.25, 0.3) is 0 Å². The molecule has 1 aromatic rings. The highest BCUT2D eigenvalue weighted by Crippen LogP contribution is 2.56. The number of nitrogen functional groups attached to an aromatic ring is 1. The Morgan fingerprint density at radius 1 is 1.00 bits per heavy atom. The van der Waals surface area contributed by atoms with E-state index < -0.39 is 0 Å². The number of rotatable bonds is 2. The Bertz CT molecular complexity index is 421. The molecule has 4 nitrogen and oxygen atoms in total. The molecule has 4 aliphatic rings. The second-order valence-electron chi connectivity index (χ2n) is 6.50. The number of ether oxygens (including phenoxy) is 1. The first-order valence-corrected chi connectivity index (χ1v) is 6.99. The number of nitrogens with two attached hydrogens (primary N) is 1. The van der Waals surface area contributed by atoms with E-state index in [1.165, 1.54) is 38.5 Å². The highest BCUT2D eigenvalue weighted by Gasteiger charge is 2.52. The van der Waals surface area contributed by atoms with Gasteiger partial charge in [0, 0.05) is 6.07 Å². The van der Waals surface area contributed by atoms with Crippen LogP contribution in [0.4, 0.5) is 5.82 Å². The molecule has 1 aromatic heterocycles. The molecule has 2 N–H and O–H groups in total. The van der Waals surface area contributed by atoms with E-state index >= 15 is 0 Å². The summed E-state index contributed by atoms with van der Waals surface area (Å²) in [6, 6.07) is 3.61. The first-order chi connectivity index (χ1) is 8.71. The van der Waals surface area contributed by atoms with Crippen molar-refractivity contribution in [2.75, 3.05) is 5.73 Å². The van der Waals surface area contributed by atoms with Gasteiger partial charge in [0.2, 0.25) is 5.88 Å². The average molecular weight is 245 g/mol. The second kappa shape index (κ2) is 3.59. The molecule has 0 aliphatic heterocycles. The molecule has 0 radical (unpaired) electrons. The number of aromatic nitrogens is 2. The van der Waals surface area contributed by atoms with Gasteiger partial charge in [0.25, 0.3) is 0 Å². The monoisotopic (exact) mass is 245 g/mol. The van der Waals surface area contributed by atoms with Gasteiger partial charge in [0.1, 0.15) is 11.4 Å². The van der Waals surface area contributed by atoms with Gasteiger partial charge in [0.05, 0.1) is 0 Å². The summed E-state index contributed by atoms with van der Waals surface area (Å²) in [7, 11) is 0. The Hall–Kier alpha value is -1.32. The fourth-order valence-corrected chi connectivity index (χ4v) is 4.76. The molecule has 0 spiro atoms. The molecule has 0 unspecified atom stereocenters. The lowest BCUT2D eigenvalue weighted by Crippen LogP contribution is -2.53. The summed E-state index contributed by atoms with van der Waals surface area (Å²) in [5, 5.41) is 7.94. The van der Waals surface area contributed by atoms with Crippen molar-refractivity contribution in [3.63, 3.8) is 0 Å². The number of hydrogen-bond acceptors (Lipinski definition) is 4. The maximum absolute atomic E-state index is 6.24. The maximum Gasteiger partial charge on any atom is 0.234 e. The minimum absolute atomic E-state index is 0.0551. The lowest BCUT2D eigenvalue weighted by molar-refractivity contribution is -0.109. The highest BCUT2D eigenvalue weighted by molar-refractivity contribution is 5.27. The van der Waals surface area contributed by atoms with Crippen molar-refractivity contribution >= 4 is 5.82 Å². The summed E-state index contributed by atoms with van der Waals surface area (Å²) in [6.07, 6.45) is 7.92. The number of hydrogen-bond donors (Lipinski definition) is 1. The van der Waals surface area contributed by atoms with Crippen LogP contribution in [0.5, 0.6) is 5.88 Å². The van der Waals surface area contributed by atoms with Crippen LogP contribution < -0.4 is 10.5 Å². The fourth-order valence-electron chi connectivity index (χ4n) is 4.76. The van der Waals surface area contributed by atoms with E-state index in [9.17, 15) is 0 Å². The molecule has 1 heterocycles. The first kappa shape index (κ1) is 10.6. The lowest BCUT2D eigenvalue weighted by atomic mass is 9.54. The predicted octanol–water partition coefficient (Wildman–Crippen LogP) is 2.41. The summed E-state index contributed by atoms with van der Waals surface area (Å²) >= 11 is 0. The van der Waals surface area contributed by atoms with E-state index in [0.29, 0.717) is 11.7 Å². The van der Waals surface area contributed by atoms with Crippen molar-refractivity contribution in [2.45, 2.75) is 44.1 Å². The van der Waals surface area contributed by atoms with E-state index in [0.717, 1.165) is 17.8 Å². The molecule has 5 rings (SSSR count). The molecular weight excluding hydrogens is 226 g/mol. The topological polar surface area (TPSA) is 61.0 Å². The zero-order valence-corrected chi connectivity index (χ0v) is 10.5. The van der Waals surface area contributed by atoms with E-state index in [4.69, 9.17) is 10.5 Å². The molecule has 4 bridgehead atoms. The normalized spacial score (nSPS) is 41.0. The minimum atomic E-state index is 0.0551. The Morgan fingerprint density at radius 3 is 2.11 bits per heavy atom. The third kappa shape index (κ3) is 1.66. The van der Waals surface area contributed by atoms with Crippen LogP contribution in [0.3, 0.4) is 0 Å². The maximum atomic E-state index is 6.24. The van der Waals surface area contributed by atoms with E-state index in [-0.39, 0.29) is 5.60 Å². The molecule has 4 aliphatic carbocycles. The van der Waals surface area contributed by atoms with Crippen LogP contribution in [-0.2, 0) is 0 Å². The number of anilines is 1. The molecule has 4 saturated carbocycles. The van der Waals surface area contributed by atoms with Gasteiger partial charge in [0.15, 0.2) is 0 Å². The summed E-state index contributed by atoms with van der Waals surface area (Å²) < 4.78 is 6.24. The van der Waals surface area contributed by atoms with Gasteiger partial charge < -0.3 is 10.5 Å². The Balaban J connectivity index is 1.58. The minimum Gasteiger partial charge on any atom is -0.470 e. The quantitative estimate of drug-likeness (QED) is 0.869. The highest BCUT2D eigenvalue weighted by atomic mass is 16.5. The largest absolute Gasteiger partial charge is 0.470 e. The number of nitrogens with zero attached hydrogens (tertiary/aromatic N) is 2. The SMILES string of the molecule is Nc1ccc(OC23CC4CC(CC(C4)C2)C3)nn1. The molecule has 0 atom stereocenters. The van der Waals surface area contributed by atoms with E-state index in [1.54, 1.807) is 6.07 Å². The summed E-state index contributed by atoms with van der Waals surface area (Å²) in [5.74, 6) is 3.76. The standard InChI is InChI=1S/C14H19N3O/c15-12-1-2-13(17-16-12)18-14-6-9-3-10(7-14)5-11(4-9)8-14/h1-2,9-11H,3-8H2,(H2,15,16). The van der Waals surface area contributed by atoms with Crippen molar-refractivity contribution in [3.05, 3.63) is 12.1 Å². The van der Waals surface area contributed by atoms with Gasteiger partial charge in [-0.1, -0.05) is 0 Å². The zero-order valence-electron chi connectivity index (χ0n) is 10.5. The zero-order chi connectivity index (χ0) is 12.2. The van der Waals surface area contributed by atoms with Gasteiger partial charge in [-0.2, -0.15) is 0 Å². The smallest absolute Gasteiger partial charge is 0.234 e.